The monoisotopic (exact) mass is 465 g/mol. The molecule has 0 bridgehead atoms. The van der Waals surface area contributed by atoms with Gasteiger partial charge in [0, 0.05) is 20.2 Å². The van der Waals surface area contributed by atoms with Crippen LogP contribution in [0.5, 0.6) is 5.75 Å². The molecule has 1 aliphatic rings. The van der Waals surface area contributed by atoms with Crippen LogP contribution in [0.4, 0.5) is 8.78 Å². The minimum absolute atomic E-state index is 0.00210. The Bertz CT molecular complexity index is 1160. The number of amides is 1. The van der Waals surface area contributed by atoms with Crippen molar-refractivity contribution in [2.24, 2.45) is 0 Å². The predicted molar refractivity (Wildman–Crippen MR) is 113 cm³/mol. The zero-order valence-electron chi connectivity index (χ0n) is 17.3. The van der Waals surface area contributed by atoms with Crippen molar-refractivity contribution >= 4 is 28.9 Å². The molecule has 2 aromatic rings. The Hall–Kier alpha value is -3.07. The van der Waals surface area contributed by atoms with Crippen LogP contribution in [-0.2, 0) is 20.8 Å². The number of thiazole rings is 1. The molecule has 32 heavy (non-hydrogen) atoms. The molecule has 3 rings (SSSR count). The van der Waals surface area contributed by atoms with Gasteiger partial charge in [0.1, 0.15) is 16.5 Å². The van der Waals surface area contributed by atoms with E-state index in [1.165, 1.54) is 40.8 Å². The third-order valence-corrected chi connectivity index (χ3v) is 5.80. The first kappa shape index (κ1) is 23.6. The van der Waals surface area contributed by atoms with Crippen LogP contribution in [-0.4, -0.2) is 62.0 Å². The highest BCUT2D eigenvalue weighted by molar-refractivity contribution is 7.07. The maximum Gasteiger partial charge on any atom is 0.387 e. The standard InChI is InChI=1S/C21H21F2N3O5S/c1-29-9-8-26-19(28)17(12-14-2-4-15(5-3-14)31-21(22)23)32-20(26)16(13-24)18(27)25-6-10-30-11-7-25/h2-5,12,21H,6-11H2,1H3/b17-12-,20-16-. The fourth-order valence-electron chi connectivity index (χ4n) is 3.10. The van der Waals surface area contributed by atoms with E-state index < -0.39 is 12.5 Å². The normalized spacial score (nSPS) is 15.6. The molecule has 1 aliphatic heterocycles. The molecule has 0 atom stereocenters. The number of benzene rings is 1. The van der Waals surface area contributed by atoms with Crippen molar-refractivity contribution in [2.45, 2.75) is 13.2 Å². The zero-order chi connectivity index (χ0) is 23.1. The van der Waals surface area contributed by atoms with Gasteiger partial charge in [0.25, 0.3) is 11.5 Å². The van der Waals surface area contributed by atoms with Gasteiger partial charge >= 0.3 is 6.61 Å². The number of hydrogen-bond donors (Lipinski definition) is 0. The summed E-state index contributed by atoms with van der Waals surface area (Å²) in [6.45, 7) is -1.05. The second kappa shape index (κ2) is 11.0. The fourth-order valence-corrected chi connectivity index (χ4v) is 4.22. The second-order valence-corrected chi connectivity index (χ2v) is 7.73. The van der Waals surface area contributed by atoms with E-state index in [0.29, 0.717) is 36.4 Å². The van der Waals surface area contributed by atoms with Crippen LogP contribution in [0.3, 0.4) is 0 Å². The smallest absolute Gasteiger partial charge is 0.387 e. The first-order valence-electron chi connectivity index (χ1n) is 9.71. The average molecular weight is 465 g/mol. The fraction of sp³-hybridized carbons (Fsp3) is 0.381. The van der Waals surface area contributed by atoms with E-state index in [1.807, 2.05) is 6.07 Å². The number of halogens is 2. The van der Waals surface area contributed by atoms with Gasteiger partial charge in [0.2, 0.25) is 0 Å². The van der Waals surface area contributed by atoms with Crippen LogP contribution in [0, 0.1) is 11.3 Å². The molecule has 0 spiro atoms. The Morgan fingerprint density at radius 2 is 2.00 bits per heavy atom. The number of nitriles is 1. The van der Waals surface area contributed by atoms with Crippen LogP contribution in [0.1, 0.15) is 5.56 Å². The second-order valence-electron chi connectivity index (χ2n) is 6.70. The van der Waals surface area contributed by atoms with Crippen LogP contribution < -0.4 is 19.5 Å². The maximum atomic E-state index is 13.0. The van der Waals surface area contributed by atoms with Gasteiger partial charge in [-0.2, -0.15) is 14.0 Å². The van der Waals surface area contributed by atoms with Gasteiger partial charge in [0.15, 0.2) is 5.57 Å². The minimum Gasteiger partial charge on any atom is -0.435 e. The van der Waals surface area contributed by atoms with Gasteiger partial charge in [0.05, 0.1) is 30.9 Å². The van der Waals surface area contributed by atoms with Crippen LogP contribution in [0.25, 0.3) is 11.6 Å². The molecule has 11 heteroatoms. The molecule has 170 valence electrons. The molecule has 2 heterocycles. The SMILES string of the molecule is COCCn1c(=O)/c(=C/c2ccc(OC(F)F)cc2)s/c1=C(/C#N)C(=O)N1CCOCC1. The van der Waals surface area contributed by atoms with Gasteiger partial charge in [-0.05, 0) is 23.8 Å². The Morgan fingerprint density at radius 3 is 2.59 bits per heavy atom. The number of aromatic nitrogens is 1. The lowest BCUT2D eigenvalue weighted by molar-refractivity contribution is -0.128. The molecule has 1 aromatic carbocycles. The molecule has 0 unspecified atom stereocenters. The highest BCUT2D eigenvalue weighted by atomic mass is 32.1. The van der Waals surface area contributed by atoms with Crippen LogP contribution in [0.15, 0.2) is 29.1 Å². The van der Waals surface area contributed by atoms with Gasteiger partial charge in [-0.1, -0.05) is 12.1 Å². The number of morpholine rings is 1. The number of nitrogens with zero attached hydrogens (tertiary/aromatic N) is 3. The first-order valence-corrected chi connectivity index (χ1v) is 10.5. The summed E-state index contributed by atoms with van der Waals surface area (Å²) in [6, 6.07) is 7.75. The van der Waals surface area contributed by atoms with Crippen molar-refractivity contribution in [2.75, 3.05) is 40.0 Å². The summed E-state index contributed by atoms with van der Waals surface area (Å²) in [5, 5.41) is 9.73. The molecule has 0 radical (unpaired) electrons. The Labute approximate surface area is 186 Å². The van der Waals surface area contributed by atoms with Crippen LogP contribution >= 0.6 is 11.3 Å². The van der Waals surface area contributed by atoms with E-state index in [2.05, 4.69) is 4.74 Å². The van der Waals surface area contributed by atoms with E-state index in [1.54, 1.807) is 6.08 Å². The summed E-state index contributed by atoms with van der Waals surface area (Å²) in [5.41, 5.74) is 0.0799. The Morgan fingerprint density at radius 1 is 1.31 bits per heavy atom. The van der Waals surface area contributed by atoms with Gasteiger partial charge in [-0.15, -0.1) is 11.3 Å². The number of ether oxygens (including phenoxy) is 3. The summed E-state index contributed by atoms with van der Waals surface area (Å²) in [6.07, 6.45) is 1.57. The summed E-state index contributed by atoms with van der Waals surface area (Å²) in [4.78, 5) is 27.5. The van der Waals surface area contributed by atoms with Crippen molar-refractivity contribution < 1.29 is 27.8 Å². The number of carbonyl (C=O) groups excluding carboxylic acids is 1. The van der Waals surface area contributed by atoms with Gasteiger partial charge in [-0.25, -0.2) is 0 Å². The highest BCUT2D eigenvalue weighted by Crippen LogP contribution is 2.15. The lowest BCUT2D eigenvalue weighted by atomic mass is 10.2. The molecule has 1 aromatic heterocycles. The predicted octanol–water partition coefficient (Wildman–Crippen LogP) is 0.519. The van der Waals surface area contributed by atoms with E-state index in [4.69, 9.17) is 9.47 Å². The van der Waals surface area contributed by atoms with Crippen molar-refractivity contribution in [1.29, 1.82) is 5.26 Å². The van der Waals surface area contributed by atoms with Crippen molar-refractivity contribution in [3.63, 3.8) is 0 Å². The lowest BCUT2D eigenvalue weighted by Gasteiger charge is -2.26. The summed E-state index contributed by atoms with van der Waals surface area (Å²) in [5.74, 6) is -0.457. The maximum absolute atomic E-state index is 13.0. The van der Waals surface area contributed by atoms with Crippen molar-refractivity contribution in [1.82, 2.24) is 9.47 Å². The van der Waals surface area contributed by atoms with Crippen LogP contribution in [0.2, 0.25) is 0 Å². The number of carbonyl (C=O) groups is 1. The largest absolute Gasteiger partial charge is 0.435 e. The summed E-state index contributed by atoms with van der Waals surface area (Å²) in [7, 11) is 1.49. The molecule has 1 saturated heterocycles. The Kier molecular flexibility index (Phi) is 8.10. The lowest BCUT2D eigenvalue weighted by Crippen LogP contribution is -2.43. The summed E-state index contributed by atoms with van der Waals surface area (Å²) >= 11 is 1.02. The minimum atomic E-state index is -2.93. The van der Waals surface area contributed by atoms with E-state index in [9.17, 15) is 23.6 Å². The first-order chi connectivity index (χ1) is 15.4. The topological polar surface area (TPSA) is 93.8 Å². The Balaban J connectivity index is 2.08. The number of rotatable bonds is 7. The number of alkyl halides is 2. The molecule has 0 saturated carbocycles. The average Bonchev–Trinajstić information content (AvgIpc) is 3.09. The molecule has 0 aliphatic carbocycles. The van der Waals surface area contributed by atoms with Crippen molar-refractivity contribution in [3.05, 3.63) is 49.4 Å². The molecule has 1 amide bonds. The van der Waals surface area contributed by atoms with E-state index in [-0.39, 0.29) is 34.7 Å². The zero-order valence-corrected chi connectivity index (χ0v) is 18.1. The van der Waals surface area contributed by atoms with Gasteiger partial charge < -0.3 is 19.1 Å². The van der Waals surface area contributed by atoms with Crippen molar-refractivity contribution in [3.8, 4) is 11.8 Å². The molecule has 1 fully saturated rings. The highest BCUT2D eigenvalue weighted by Gasteiger charge is 2.23. The third kappa shape index (κ3) is 5.59. The van der Waals surface area contributed by atoms with E-state index in [0.717, 1.165) is 11.3 Å². The third-order valence-electron chi connectivity index (χ3n) is 4.67. The number of hydrogen-bond acceptors (Lipinski definition) is 7. The molecule has 8 nitrogen and oxygen atoms in total. The molecular formula is C21H21F2N3O5S. The van der Waals surface area contributed by atoms with Gasteiger partial charge in [-0.3, -0.25) is 14.2 Å². The summed E-state index contributed by atoms with van der Waals surface area (Å²) < 4.78 is 41.2. The quantitative estimate of drug-likeness (QED) is 0.592. The van der Waals surface area contributed by atoms with E-state index >= 15 is 0 Å². The molecular weight excluding hydrogens is 444 g/mol. The number of methoxy groups -OCH3 is 1. The molecule has 0 N–H and O–H groups in total.